The Morgan fingerprint density at radius 1 is 1.13 bits per heavy atom. The number of hydrogen-bond donors (Lipinski definition) is 0. The molecule has 0 amide bonds. The van der Waals surface area contributed by atoms with Crippen molar-refractivity contribution in [1.29, 1.82) is 0 Å². The van der Waals surface area contributed by atoms with E-state index in [4.69, 9.17) is 0 Å². The van der Waals surface area contributed by atoms with Gasteiger partial charge in [-0.15, -0.1) is 0 Å². The summed E-state index contributed by atoms with van der Waals surface area (Å²) in [6, 6.07) is 11.1. The van der Waals surface area contributed by atoms with Crippen LogP contribution in [0.2, 0.25) is 18.6 Å². The molecule has 0 bridgehead atoms. The molecule has 80 valence electrons. The maximum absolute atomic E-state index is 2.50. The summed E-state index contributed by atoms with van der Waals surface area (Å²) in [7, 11) is -1.27. The van der Waals surface area contributed by atoms with Crippen molar-refractivity contribution in [2.45, 2.75) is 37.9 Å². The van der Waals surface area contributed by atoms with Crippen molar-refractivity contribution in [3.05, 3.63) is 42.5 Å². The molecule has 0 saturated carbocycles. The van der Waals surface area contributed by atoms with Gasteiger partial charge in [0.2, 0.25) is 0 Å². The third kappa shape index (κ3) is 2.23. The highest BCUT2D eigenvalue weighted by Gasteiger charge is 2.31. The summed E-state index contributed by atoms with van der Waals surface area (Å²) in [6.45, 7) is 5.01. The van der Waals surface area contributed by atoms with Crippen LogP contribution in [0.15, 0.2) is 42.5 Å². The van der Waals surface area contributed by atoms with Crippen LogP contribution < -0.4 is 5.19 Å². The van der Waals surface area contributed by atoms with Gasteiger partial charge in [-0.25, -0.2) is 0 Å². The van der Waals surface area contributed by atoms with Gasteiger partial charge in [-0.05, 0) is 24.8 Å². The number of rotatable bonds is 2. The number of benzene rings is 1. The molecule has 1 atom stereocenters. The van der Waals surface area contributed by atoms with Gasteiger partial charge in [0, 0.05) is 0 Å². The summed E-state index contributed by atoms with van der Waals surface area (Å²) in [6.07, 6.45) is 8.92. The Hall–Kier alpha value is -0.823. The SMILES string of the molecule is C[Si](C)(c1ccccc1)C1C=CCCC1. The molecule has 1 aliphatic carbocycles. The first kappa shape index (κ1) is 10.7. The fourth-order valence-electron chi connectivity index (χ4n) is 2.50. The van der Waals surface area contributed by atoms with Crippen LogP contribution in [0.5, 0.6) is 0 Å². The molecule has 0 spiro atoms. The van der Waals surface area contributed by atoms with Crippen LogP contribution >= 0.6 is 0 Å². The molecule has 1 aromatic rings. The van der Waals surface area contributed by atoms with Gasteiger partial charge >= 0.3 is 0 Å². The summed E-state index contributed by atoms with van der Waals surface area (Å²) in [5.74, 6) is 0. The van der Waals surface area contributed by atoms with E-state index in [1.165, 1.54) is 19.3 Å². The first-order chi connectivity index (χ1) is 7.21. The Kier molecular flexibility index (Phi) is 3.10. The molecule has 0 fully saturated rings. The average molecular weight is 216 g/mol. The van der Waals surface area contributed by atoms with Gasteiger partial charge in [0.05, 0.1) is 8.07 Å². The van der Waals surface area contributed by atoms with Gasteiger partial charge in [-0.2, -0.15) is 0 Å². The fourth-order valence-corrected chi connectivity index (χ4v) is 5.52. The van der Waals surface area contributed by atoms with Crippen LogP contribution in [-0.4, -0.2) is 8.07 Å². The van der Waals surface area contributed by atoms with E-state index in [2.05, 4.69) is 55.6 Å². The molecule has 1 heteroatoms. The van der Waals surface area contributed by atoms with Crippen molar-refractivity contribution in [2.24, 2.45) is 0 Å². The summed E-state index contributed by atoms with van der Waals surface area (Å²) in [5.41, 5.74) is 0.841. The molecule has 1 aliphatic rings. The van der Waals surface area contributed by atoms with Crippen molar-refractivity contribution in [3.63, 3.8) is 0 Å². The molecule has 2 rings (SSSR count). The van der Waals surface area contributed by atoms with Crippen molar-refractivity contribution >= 4 is 13.3 Å². The van der Waals surface area contributed by atoms with Crippen molar-refractivity contribution in [2.75, 3.05) is 0 Å². The van der Waals surface area contributed by atoms with Gasteiger partial charge in [0.15, 0.2) is 0 Å². The Labute approximate surface area is 94.0 Å². The normalized spacial score (nSPS) is 21.6. The van der Waals surface area contributed by atoms with E-state index in [9.17, 15) is 0 Å². The molecule has 0 aliphatic heterocycles. The second kappa shape index (κ2) is 4.36. The summed E-state index contributed by atoms with van der Waals surface area (Å²) < 4.78 is 0. The number of allylic oxidation sites excluding steroid dienone is 2. The zero-order valence-corrected chi connectivity index (χ0v) is 10.7. The highest BCUT2D eigenvalue weighted by Crippen LogP contribution is 2.32. The predicted molar refractivity (Wildman–Crippen MR) is 70.3 cm³/mol. The van der Waals surface area contributed by atoms with Gasteiger partial charge in [-0.1, -0.05) is 60.8 Å². The molecule has 0 nitrogen and oxygen atoms in total. The molecule has 0 radical (unpaired) electrons. The molecule has 0 saturated heterocycles. The molecule has 15 heavy (non-hydrogen) atoms. The van der Waals surface area contributed by atoms with E-state index in [0.29, 0.717) is 0 Å². The van der Waals surface area contributed by atoms with E-state index in [-0.39, 0.29) is 0 Å². The average Bonchev–Trinajstić information content (AvgIpc) is 2.31. The van der Waals surface area contributed by atoms with Gasteiger partial charge in [0.1, 0.15) is 0 Å². The van der Waals surface area contributed by atoms with E-state index in [1.54, 1.807) is 5.19 Å². The van der Waals surface area contributed by atoms with Crippen LogP contribution in [0.1, 0.15) is 19.3 Å². The fraction of sp³-hybridized carbons (Fsp3) is 0.429. The highest BCUT2D eigenvalue weighted by atomic mass is 28.3. The van der Waals surface area contributed by atoms with Crippen molar-refractivity contribution < 1.29 is 0 Å². The maximum atomic E-state index is 2.50. The third-order valence-corrected chi connectivity index (χ3v) is 7.86. The molecular formula is C14H20Si. The lowest BCUT2D eigenvalue weighted by molar-refractivity contribution is 0.715. The molecule has 0 aromatic heterocycles. The summed E-state index contributed by atoms with van der Waals surface area (Å²) in [5, 5.41) is 1.60. The van der Waals surface area contributed by atoms with Crippen molar-refractivity contribution in [3.8, 4) is 0 Å². The zero-order valence-electron chi connectivity index (χ0n) is 9.74. The second-order valence-corrected chi connectivity index (χ2v) is 9.82. The molecule has 1 unspecified atom stereocenters. The van der Waals surface area contributed by atoms with E-state index in [1.807, 2.05) is 0 Å². The molecular weight excluding hydrogens is 196 g/mol. The minimum atomic E-state index is -1.27. The second-order valence-electron chi connectivity index (χ2n) is 5.05. The van der Waals surface area contributed by atoms with Gasteiger partial charge in [-0.3, -0.25) is 0 Å². The zero-order chi connectivity index (χ0) is 10.7. The first-order valence-corrected chi connectivity index (χ1v) is 9.01. The molecule has 0 N–H and O–H groups in total. The monoisotopic (exact) mass is 216 g/mol. The van der Waals surface area contributed by atoms with E-state index >= 15 is 0 Å². The van der Waals surface area contributed by atoms with Crippen LogP contribution in [0, 0.1) is 0 Å². The Morgan fingerprint density at radius 3 is 2.47 bits per heavy atom. The molecule has 1 aromatic carbocycles. The lowest BCUT2D eigenvalue weighted by Crippen LogP contribution is -2.45. The maximum Gasteiger partial charge on any atom is 0.0873 e. The minimum Gasteiger partial charge on any atom is -0.0885 e. The van der Waals surface area contributed by atoms with Crippen LogP contribution in [0.3, 0.4) is 0 Å². The summed E-state index contributed by atoms with van der Waals surface area (Å²) >= 11 is 0. The van der Waals surface area contributed by atoms with Gasteiger partial charge in [0.25, 0.3) is 0 Å². The highest BCUT2D eigenvalue weighted by molar-refractivity contribution is 6.91. The smallest absolute Gasteiger partial charge is 0.0873 e. The lowest BCUT2D eigenvalue weighted by Gasteiger charge is -2.32. The number of hydrogen-bond acceptors (Lipinski definition) is 0. The van der Waals surface area contributed by atoms with E-state index < -0.39 is 8.07 Å². The van der Waals surface area contributed by atoms with Crippen LogP contribution in [0.25, 0.3) is 0 Å². The Balaban J connectivity index is 2.26. The van der Waals surface area contributed by atoms with Crippen LogP contribution in [0.4, 0.5) is 0 Å². The van der Waals surface area contributed by atoms with Gasteiger partial charge < -0.3 is 0 Å². The predicted octanol–water partition coefficient (Wildman–Crippen LogP) is 3.71. The quantitative estimate of drug-likeness (QED) is 0.522. The van der Waals surface area contributed by atoms with Crippen LogP contribution in [-0.2, 0) is 0 Å². The van der Waals surface area contributed by atoms with Crippen molar-refractivity contribution in [1.82, 2.24) is 0 Å². The lowest BCUT2D eigenvalue weighted by atomic mass is 10.1. The minimum absolute atomic E-state index is 0.841. The topological polar surface area (TPSA) is 0 Å². The standard InChI is InChI=1S/C14H20Si/c1-15(2,13-9-5-3-6-10-13)14-11-7-4-8-12-14/h3,5-7,9-11,14H,4,8,12H2,1-2H3. The largest absolute Gasteiger partial charge is 0.0885 e. The summed E-state index contributed by atoms with van der Waals surface area (Å²) in [4.78, 5) is 0. The first-order valence-electron chi connectivity index (χ1n) is 5.93. The van der Waals surface area contributed by atoms with E-state index in [0.717, 1.165) is 5.54 Å². The molecule has 0 heterocycles. The Bertz CT molecular complexity index is 338. The Morgan fingerprint density at radius 2 is 1.87 bits per heavy atom. The third-order valence-electron chi connectivity index (χ3n) is 3.70.